The first-order chi connectivity index (χ1) is 11.0. The summed E-state index contributed by atoms with van der Waals surface area (Å²) in [5.74, 6) is 0.598. The van der Waals surface area contributed by atoms with Crippen LogP contribution in [0, 0.1) is 0 Å². The maximum atomic E-state index is 12.2. The van der Waals surface area contributed by atoms with Gasteiger partial charge in [0.25, 0.3) is 5.91 Å². The Morgan fingerprint density at radius 2 is 1.74 bits per heavy atom. The molecule has 0 heterocycles. The van der Waals surface area contributed by atoms with E-state index in [0.717, 1.165) is 17.3 Å². The summed E-state index contributed by atoms with van der Waals surface area (Å²) in [5, 5.41) is 3.01. The molecule has 0 aliphatic rings. The maximum Gasteiger partial charge on any atom is 0.260 e. The molecule has 23 heavy (non-hydrogen) atoms. The Balaban J connectivity index is 1.77. The summed E-state index contributed by atoms with van der Waals surface area (Å²) in [6.45, 7) is 3.79. The minimum absolute atomic E-state index is 0.0894. The zero-order valence-corrected chi connectivity index (χ0v) is 15.0. The number of carbonyl (C=O) groups is 1. The lowest BCUT2D eigenvalue weighted by molar-refractivity contribution is -0.127. The van der Waals surface area contributed by atoms with Gasteiger partial charge in [-0.25, -0.2) is 0 Å². The molecule has 0 spiro atoms. The van der Waals surface area contributed by atoms with E-state index < -0.39 is 6.10 Å². The summed E-state index contributed by atoms with van der Waals surface area (Å²) in [4.78, 5) is 12.2. The summed E-state index contributed by atoms with van der Waals surface area (Å²) in [6.07, 6.45) is 1.33. The average molecular weight is 376 g/mol. The van der Waals surface area contributed by atoms with Gasteiger partial charge in [0.15, 0.2) is 6.10 Å². The molecule has 0 radical (unpaired) electrons. The normalized spacial score (nSPS) is 13.2. The number of hydrogen-bond acceptors (Lipinski definition) is 2. The van der Waals surface area contributed by atoms with Gasteiger partial charge >= 0.3 is 0 Å². The highest BCUT2D eigenvalue weighted by Gasteiger charge is 2.16. The van der Waals surface area contributed by atoms with Crippen LogP contribution in [0.5, 0.6) is 5.75 Å². The highest BCUT2D eigenvalue weighted by molar-refractivity contribution is 9.10. The molecule has 2 aromatic rings. The van der Waals surface area contributed by atoms with Gasteiger partial charge in [-0.3, -0.25) is 4.79 Å². The van der Waals surface area contributed by atoms with E-state index in [2.05, 4.69) is 33.4 Å². The van der Waals surface area contributed by atoms with Gasteiger partial charge in [0.1, 0.15) is 5.75 Å². The van der Waals surface area contributed by atoms with E-state index in [-0.39, 0.29) is 11.9 Å². The van der Waals surface area contributed by atoms with Gasteiger partial charge < -0.3 is 10.1 Å². The van der Waals surface area contributed by atoms with Crippen molar-refractivity contribution in [3.05, 3.63) is 64.6 Å². The zero-order chi connectivity index (χ0) is 16.7. The van der Waals surface area contributed by atoms with E-state index in [4.69, 9.17) is 4.74 Å². The first-order valence-electron chi connectivity index (χ1n) is 7.81. The number of carbonyl (C=O) groups excluding carboxylic acids is 1. The van der Waals surface area contributed by atoms with Crippen LogP contribution in [0.4, 0.5) is 0 Å². The minimum atomic E-state index is -0.518. The predicted molar refractivity (Wildman–Crippen MR) is 96.6 cm³/mol. The van der Waals surface area contributed by atoms with Crippen molar-refractivity contribution in [3.8, 4) is 5.75 Å². The van der Waals surface area contributed by atoms with Crippen molar-refractivity contribution in [1.29, 1.82) is 0 Å². The van der Waals surface area contributed by atoms with Crippen LogP contribution in [0.25, 0.3) is 0 Å². The Kier molecular flexibility index (Phi) is 6.66. The molecule has 0 fully saturated rings. The Bertz CT molecular complexity index is 613. The molecule has 0 bridgehead atoms. The van der Waals surface area contributed by atoms with Crippen LogP contribution < -0.4 is 10.1 Å². The Morgan fingerprint density at radius 3 is 2.39 bits per heavy atom. The molecule has 122 valence electrons. The molecule has 0 saturated carbocycles. The molecule has 0 aliphatic carbocycles. The summed E-state index contributed by atoms with van der Waals surface area (Å²) < 4.78 is 6.64. The number of amides is 1. The van der Waals surface area contributed by atoms with E-state index >= 15 is 0 Å². The summed E-state index contributed by atoms with van der Waals surface area (Å²) in [5.41, 5.74) is 1.28. The standard InChI is InChI=1S/C19H22BrNO2/c1-14(8-9-16-6-4-3-5-7-16)21-19(22)15(2)23-18-12-10-17(20)11-13-18/h3-7,10-15H,8-9H2,1-2H3,(H,21,22)/t14-,15-/m1/s1. The predicted octanol–water partition coefficient (Wildman–Crippen LogP) is 4.35. The van der Waals surface area contributed by atoms with Gasteiger partial charge in [-0.15, -0.1) is 0 Å². The number of ether oxygens (including phenoxy) is 1. The minimum Gasteiger partial charge on any atom is -0.481 e. The highest BCUT2D eigenvalue weighted by Crippen LogP contribution is 2.17. The Hall–Kier alpha value is -1.81. The first-order valence-corrected chi connectivity index (χ1v) is 8.60. The Labute approximate surface area is 146 Å². The molecule has 3 nitrogen and oxygen atoms in total. The van der Waals surface area contributed by atoms with Crippen LogP contribution in [-0.4, -0.2) is 18.1 Å². The second-order valence-electron chi connectivity index (χ2n) is 5.65. The van der Waals surface area contributed by atoms with Gasteiger partial charge in [0, 0.05) is 10.5 Å². The smallest absolute Gasteiger partial charge is 0.260 e. The van der Waals surface area contributed by atoms with Gasteiger partial charge in [0.05, 0.1) is 0 Å². The van der Waals surface area contributed by atoms with Crippen LogP contribution in [-0.2, 0) is 11.2 Å². The Morgan fingerprint density at radius 1 is 1.09 bits per heavy atom. The van der Waals surface area contributed by atoms with E-state index in [1.807, 2.05) is 49.4 Å². The van der Waals surface area contributed by atoms with E-state index in [9.17, 15) is 4.79 Å². The number of hydrogen-bond donors (Lipinski definition) is 1. The lowest BCUT2D eigenvalue weighted by atomic mass is 10.1. The number of rotatable bonds is 7. The summed E-state index contributed by atoms with van der Waals surface area (Å²) >= 11 is 3.37. The zero-order valence-electron chi connectivity index (χ0n) is 13.5. The van der Waals surface area contributed by atoms with Gasteiger partial charge in [-0.05, 0) is 56.5 Å². The van der Waals surface area contributed by atoms with Crippen molar-refractivity contribution in [2.24, 2.45) is 0 Å². The third kappa shape index (κ3) is 6.06. The molecule has 0 aliphatic heterocycles. The van der Waals surface area contributed by atoms with Crippen molar-refractivity contribution >= 4 is 21.8 Å². The fourth-order valence-corrected chi connectivity index (χ4v) is 2.50. The van der Waals surface area contributed by atoms with E-state index in [0.29, 0.717) is 5.75 Å². The molecule has 1 amide bonds. The molecular formula is C19H22BrNO2. The summed E-state index contributed by atoms with van der Waals surface area (Å²) in [6, 6.07) is 17.9. The topological polar surface area (TPSA) is 38.3 Å². The molecule has 0 unspecified atom stereocenters. The molecule has 0 saturated heterocycles. The molecule has 1 N–H and O–H groups in total. The van der Waals surface area contributed by atoms with E-state index in [1.165, 1.54) is 5.56 Å². The molecule has 4 heteroatoms. The lowest BCUT2D eigenvalue weighted by Gasteiger charge is -2.19. The summed E-state index contributed by atoms with van der Waals surface area (Å²) in [7, 11) is 0. The van der Waals surface area contributed by atoms with E-state index in [1.54, 1.807) is 6.92 Å². The average Bonchev–Trinajstić information content (AvgIpc) is 2.56. The van der Waals surface area contributed by atoms with Crippen molar-refractivity contribution < 1.29 is 9.53 Å². The maximum absolute atomic E-state index is 12.2. The highest BCUT2D eigenvalue weighted by atomic mass is 79.9. The fourth-order valence-electron chi connectivity index (χ4n) is 2.23. The van der Waals surface area contributed by atoms with Crippen LogP contribution in [0.15, 0.2) is 59.1 Å². The van der Waals surface area contributed by atoms with Gasteiger partial charge in [-0.2, -0.15) is 0 Å². The monoisotopic (exact) mass is 375 g/mol. The van der Waals surface area contributed by atoms with Crippen molar-refractivity contribution in [2.45, 2.75) is 38.8 Å². The number of aryl methyl sites for hydroxylation is 1. The van der Waals surface area contributed by atoms with Crippen LogP contribution in [0.2, 0.25) is 0 Å². The number of benzene rings is 2. The fraction of sp³-hybridized carbons (Fsp3) is 0.316. The molecule has 2 rings (SSSR count). The number of nitrogens with one attached hydrogen (secondary N) is 1. The van der Waals surface area contributed by atoms with Gasteiger partial charge in [-0.1, -0.05) is 46.3 Å². The number of halogens is 1. The second-order valence-corrected chi connectivity index (χ2v) is 6.56. The second kappa shape index (κ2) is 8.73. The third-order valence-corrected chi connectivity index (χ3v) is 4.12. The molecule has 0 aromatic heterocycles. The first kappa shape index (κ1) is 17.5. The molecule has 2 atom stereocenters. The molecule has 2 aromatic carbocycles. The quantitative estimate of drug-likeness (QED) is 0.780. The van der Waals surface area contributed by atoms with Crippen molar-refractivity contribution in [1.82, 2.24) is 5.32 Å². The largest absolute Gasteiger partial charge is 0.481 e. The van der Waals surface area contributed by atoms with Crippen LogP contribution in [0.1, 0.15) is 25.8 Å². The van der Waals surface area contributed by atoms with Crippen molar-refractivity contribution in [3.63, 3.8) is 0 Å². The van der Waals surface area contributed by atoms with Crippen LogP contribution >= 0.6 is 15.9 Å². The van der Waals surface area contributed by atoms with Crippen molar-refractivity contribution in [2.75, 3.05) is 0 Å². The van der Waals surface area contributed by atoms with Gasteiger partial charge in [0.2, 0.25) is 0 Å². The van der Waals surface area contributed by atoms with Crippen LogP contribution in [0.3, 0.4) is 0 Å². The molecular weight excluding hydrogens is 354 g/mol. The lowest BCUT2D eigenvalue weighted by Crippen LogP contribution is -2.41. The third-order valence-electron chi connectivity index (χ3n) is 3.59. The SMILES string of the molecule is C[C@H](CCc1ccccc1)NC(=O)[C@@H](C)Oc1ccc(Br)cc1.